The van der Waals surface area contributed by atoms with Gasteiger partial charge in [-0.3, -0.25) is 0 Å². The molecule has 0 aliphatic carbocycles. The normalized spacial score (nSPS) is 12.1. The van der Waals surface area contributed by atoms with E-state index in [9.17, 15) is 9.59 Å². The Morgan fingerprint density at radius 1 is 1.10 bits per heavy atom. The molecule has 0 unspecified atom stereocenters. The first-order valence-electron chi connectivity index (χ1n) is 9.75. The Kier molecular flexibility index (Phi) is 9.16. The molecule has 1 atom stereocenters. The summed E-state index contributed by atoms with van der Waals surface area (Å²) in [5.74, 6) is 0.0118. The first-order valence-corrected chi connectivity index (χ1v) is 9.75. The van der Waals surface area contributed by atoms with Crippen LogP contribution in [0, 0.1) is 0 Å². The number of ether oxygens (including phenoxy) is 3. The van der Waals surface area contributed by atoms with E-state index in [1.54, 1.807) is 38.3 Å². The van der Waals surface area contributed by atoms with Crippen LogP contribution in [-0.4, -0.2) is 32.9 Å². The van der Waals surface area contributed by atoms with Gasteiger partial charge in [-0.2, -0.15) is 0 Å². The van der Waals surface area contributed by atoms with Gasteiger partial charge in [0, 0.05) is 12.2 Å². The van der Waals surface area contributed by atoms with E-state index in [0.717, 1.165) is 5.56 Å². The number of rotatable bonds is 10. The molecule has 7 heteroatoms. The first-order chi connectivity index (χ1) is 15.0. The van der Waals surface area contributed by atoms with E-state index in [0.29, 0.717) is 23.6 Å². The van der Waals surface area contributed by atoms with Gasteiger partial charge >= 0.3 is 12.1 Å². The predicted octanol–water partition coefficient (Wildman–Crippen LogP) is 3.89. The largest absolute Gasteiger partial charge is 0.497 e. The zero-order valence-corrected chi connectivity index (χ0v) is 18.0. The zero-order chi connectivity index (χ0) is 22.6. The molecule has 1 amide bonds. The summed E-state index contributed by atoms with van der Waals surface area (Å²) in [6.07, 6.45) is 0.772. The van der Waals surface area contributed by atoms with Crippen LogP contribution in [0.5, 0.6) is 5.75 Å². The van der Waals surface area contributed by atoms with Crippen LogP contribution < -0.4 is 15.4 Å². The molecule has 7 nitrogen and oxygen atoms in total. The van der Waals surface area contributed by atoms with E-state index in [-0.39, 0.29) is 12.2 Å². The number of hydrogen-bond donors (Lipinski definition) is 2. The third-order valence-electron chi connectivity index (χ3n) is 4.52. The molecule has 2 aromatic carbocycles. The minimum Gasteiger partial charge on any atom is -0.497 e. The van der Waals surface area contributed by atoms with Gasteiger partial charge in [-0.15, -0.1) is 0 Å². The Hall–Kier alpha value is -3.74. The molecular weight excluding hydrogens is 396 g/mol. The Balaban J connectivity index is 2.44. The molecule has 31 heavy (non-hydrogen) atoms. The number of benzene rings is 2. The summed E-state index contributed by atoms with van der Waals surface area (Å²) in [5, 5.41) is 6.00. The van der Waals surface area contributed by atoms with Crippen LogP contribution in [0.25, 0.3) is 0 Å². The second kappa shape index (κ2) is 12.1. The van der Waals surface area contributed by atoms with Crippen molar-refractivity contribution in [2.45, 2.75) is 19.5 Å². The lowest BCUT2D eigenvalue weighted by Gasteiger charge is -2.23. The molecule has 2 aromatic rings. The van der Waals surface area contributed by atoms with Crippen molar-refractivity contribution >= 4 is 12.1 Å². The van der Waals surface area contributed by atoms with E-state index < -0.39 is 18.1 Å². The van der Waals surface area contributed by atoms with E-state index in [4.69, 9.17) is 14.2 Å². The molecule has 0 radical (unpaired) electrons. The highest BCUT2D eigenvalue weighted by atomic mass is 16.5. The molecule has 0 saturated heterocycles. The second-order valence-corrected chi connectivity index (χ2v) is 6.61. The van der Waals surface area contributed by atoms with Gasteiger partial charge in [0.2, 0.25) is 0 Å². The smallest absolute Gasteiger partial charge is 0.408 e. The molecule has 0 aliphatic rings. The van der Waals surface area contributed by atoms with Crippen molar-refractivity contribution in [3.63, 3.8) is 0 Å². The van der Waals surface area contributed by atoms with Crippen LogP contribution in [0.4, 0.5) is 4.79 Å². The van der Waals surface area contributed by atoms with Gasteiger partial charge in [0.1, 0.15) is 12.4 Å². The van der Waals surface area contributed by atoms with Crippen molar-refractivity contribution in [3.05, 3.63) is 89.6 Å². The number of carbonyl (C=O) groups excluding carboxylic acids is 2. The molecule has 164 valence electrons. The Morgan fingerprint density at radius 3 is 2.48 bits per heavy atom. The van der Waals surface area contributed by atoms with Crippen molar-refractivity contribution in [2.75, 3.05) is 20.8 Å². The molecule has 2 N–H and O–H groups in total. The lowest BCUT2D eigenvalue weighted by Crippen LogP contribution is -2.34. The minimum atomic E-state index is -0.830. The van der Waals surface area contributed by atoms with Gasteiger partial charge < -0.3 is 24.8 Å². The number of esters is 1. The summed E-state index contributed by atoms with van der Waals surface area (Å²) in [5.41, 5.74) is 2.49. The zero-order valence-electron chi connectivity index (χ0n) is 18.0. The van der Waals surface area contributed by atoms with Crippen molar-refractivity contribution in [3.8, 4) is 5.75 Å². The fourth-order valence-electron chi connectivity index (χ4n) is 2.96. The van der Waals surface area contributed by atoms with E-state index >= 15 is 0 Å². The predicted molar refractivity (Wildman–Crippen MR) is 118 cm³/mol. The van der Waals surface area contributed by atoms with Gasteiger partial charge in [-0.1, -0.05) is 55.1 Å². The molecule has 2 rings (SSSR count). The molecule has 0 spiro atoms. The average Bonchev–Trinajstić information content (AvgIpc) is 2.81. The van der Waals surface area contributed by atoms with Crippen LogP contribution in [0.1, 0.15) is 24.1 Å². The maximum absolute atomic E-state index is 12.8. The summed E-state index contributed by atoms with van der Waals surface area (Å²) in [4.78, 5) is 25.1. The third kappa shape index (κ3) is 6.92. The van der Waals surface area contributed by atoms with Gasteiger partial charge in [-0.05, 0) is 30.2 Å². The highest BCUT2D eigenvalue weighted by Crippen LogP contribution is 2.28. The van der Waals surface area contributed by atoms with Gasteiger partial charge in [0.05, 0.1) is 25.8 Å². The molecule has 0 saturated carbocycles. The maximum atomic E-state index is 12.8. The Morgan fingerprint density at radius 2 is 1.84 bits per heavy atom. The number of allylic oxidation sites excluding steroid dienone is 1. The topological polar surface area (TPSA) is 85.9 Å². The summed E-state index contributed by atoms with van der Waals surface area (Å²) in [7, 11) is 2.84. The van der Waals surface area contributed by atoms with Crippen molar-refractivity contribution in [1.29, 1.82) is 0 Å². The van der Waals surface area contributed by atoms with Gasteiger partial charge in [0.25, 0.3) is 0 Å². The second-order valence-electron chi connectivity index (χ2n) is 6.61. The Labute approximate surface area is 182 Å². The van der Waals surface area contributed by atoms with E-state index in [2.05, 4.69) is 17.2 Å². The van der Waals surface area contributed by atoms with Crippen LogP contribution in [0.3, 0.4) is 0 Å². The molecule has 0 aromatic heterocycles. The number of amides is 1. The van der Waals surface area contributed by atoms with Gasteiger partial charge in [0.15, 0.2) is 0 Å². The maximum Gasteiger partial charge on any atom is 0.408 e. The summed E-state index contributed by atoms with van der Waals surface area (Å²) in [6.45, 7) is 5.84. The summed E-state index contributed by atoms with van der Waals surface area (Å²) < 4.78 is 15.4. The fraction of sp³-hybridized carbons (Fsp3) is 0.250. The number of hydrogen-bond acceptors (Lipinski definition) is 6. The quantitative estimate of drug-likeness (QED) is 0.342. The van der Waals surface area contributed by atoms with Crippen LogP contribution in [-0.2, 0) is 20.8 Å². The molecular formula is C24H28N2O5. The molecule has 0 bridgehead atoms. The summed E-state index contributed by atoms with van der Waals surface area (Å²) >= 11 is 0. The third-order valence-corrected chi connectivity index (χ3v) is 4.52. The molecule has 0 fully saturated rings. The van der Waals surface area contributed by atoms with Crippen LogP contribution in [0.15, 0.2) is 78.5 Å². The van der Waals surface area contributed by atoms with Crippen molar-refractivity contribution in [2.24, 2.45) is 0 Å². The number of alkyl carbamates (subject to hydrolysis) is 1. The molecule has 0 aliphatic heterocycles. The number of methoxy groups -OCH3 is 2. The summed E-state index contributed by atoms with van der Waals surface area (Å²) in [6, 6.07) is 16.0. The number of nitrogens with one attached hydrogen (secondary N) is 2. The standard InChI is InChI=1S/C24H28N2O5/c1-5-14-31-24(28)26-22(19-12-9-13-20(15-19)29-3)21(23(27)30-4)17(2)25-16-18-10-7-6-8-11-18/h5-13,15,22,25H,1,14,16H2,2-4H3,(H,26,28)/t22-/m0/s1. The number of carbonyl (C=O) groups is 2. The van der Waals surface area contributed by atoms with Gasteiger partial charge in [-0.25, -0.2) is 9.59 Å². The van der Waals surface area contributed by atoms with Crippen LogP contribution in [0.2, 0.25) is 0 Å². The average molecular weight is 424 g/mol. The SMILES string of the molecule is C=CCOC(=O)N[C@H](C(C(=O)OC)=C(C)NCc1ccccc1)c1cccc(OC)c1. The Bertz CT molecular complexity index is 925. The van der Waals surface area contributed by atoms with Crippen molar-refractivity contribution < 1.29 is 23.8 Å². The lowest BCUT2D eigenvalue weighted by atomic mass is 9.96. The lowest BCUT2D eigenvalue weighted by molar-refractivity contribution is -0.136. The first kappa shape index (κ1) is 23.5. The highest BCUT2D eigenvalue weighted by molar-refractivity contribution is 5.91. The van der Waals surface area contributed by atoms with E-state index in [1.807, 2.05) is 30.3 Å². The monoisotopic (exact) mass is 424 g/mol. The van der Waals surface area contributed by atoms with E-state index in [1.165, 1.54) is 13.2 Å². The molecule has 0 heterocycles. The fourth-order valence-corrected chi connectivity index (χ4v) is 2.96. The van der Waals surface area contributed by atoms with Crippen LogP contribution >= 0.6 is 0 Å². The van der Waals surface area contributed by atoms with Crippen molar-refractivity contribution in [1.82, 2.24) is 10.6 Å². The minimum absolute atomic E-state index is 0.0408. The highest BCUT2D eigenvalue weighted by Gasteiger charge is 2.28.